The third-order valence-electron chi connectivity index (χ3n) is 6.56. The summed E-state index contributed by atoms with van der Waals surface area (Å²) in [5.74, 6) is -5.52. The lowest BCUT2D eigenvalue weighted by molar-refractivity contribution is -0.277. The number of hydrogen-bond donors (Lipinski definition) is 9. The minimum Gasteiger partial charge on any atom is -0.504 e. The monoisotopic (exact) mass is 635 g/mol. The number of phenolic OH excluding ortho intramolecular Hbond substituents is 2. The van der Waals surface area contributed by atoms with Crippen LogP contribution >= 0.6 is 0 Å². The molecule has 0 unspecified atom stereocenters. The van der Waals surface area contributed by atoms with Crippen molar-refractivity contribution in [1.82, 2.24) is 0 Å². The molecule has 5 atom stereocenters. The molecular weight excluding hydrogens is 608 g/mol. The zero-order chi connectivity index (χ0) is 33.2. The van der Waals surface area contributed by atoms with E-state index < -0.39 is 72.5 Å². The van der Waals surface area contributed by atoms with Crippen LogP contribution in [0.15, 0.2) is 45.2 Å². The summed E-state index contributed by atoms with van der Waals surface area (Å²) in [6.07, 6.45) is -8.83. The highest BCUT2D eigenvalue weighted by Gasteiger charge is 2.45. The lowest BCUT2D eigenvalue weighted by Gasteiger charge is -2.39. The number of aromatic hydroxyl groups is 2. The average Bonchev–Trinajstić information content (AvgIpc) is 2.98. The SMILES string of the molecule is O=C(O)CCC(=O)O.O=C(O)c1cc2c(O[C@H]3O[C@@H](CO)[C@@H](O)[C@H](O)[C@@H]3O)c(-c3ccc(O)c(O)c3)oc3cc(=[OH+])cc(o1)c32. The lowest BCUT2D eigenvalue weighted by Crippen LogP contribution is -2.60. The van der Waals surface area contributed by atoms with Crippen LogP contribution in [0.4, 0.5) is 0 Å². The largest absolute Gasteiger partial charge is 0.504 e. The maximum Gasteiger partial charge on any atom is 0.371 e. The van der Waals surface area contributed by atoms with Gasteiger partial charge in [-0.1, -0.05) is 0 Å². The van der Waals surface area contributed by atoms with Crippen LogP contribution in [-0.4, -0.2) is 106 Å². The van der Waals surface area contributed by atoms with Crippen LogP contribution in [0.5, 0.6) is 17.2 Å². The number of aliphatic carboxylic acids is 2. The van der Waals surface area contributed by atoms with Crippen molar-refractivity contribution >= 4 is 39.8 Å². The lowest BCUT2D eigenvalue weighted by atomic mass is 9.99. The van der Waals surface area contributed by atoms with E-state index in [1.807, 2.05) is 0 Å². The molecule has 0 radical (unpaired) electrons. The number of aromatic carboxylic acids is 1. The number of aliphatic hydroxyl groups excluding tert-OH is 4. The summed E-state index contributed by atoms with van der Waals surface area (Å²) in [4.78, 5) is 41.2. The van der Waals surface area contributed by atoms with Crippen molar-refractivity contribution in [2.24, 2.45) is 0 Å². The fourth-order valence-corrected chi connectivity index (χ4v) is 4.38. The van der Waals surface area contributed by atoms with E-state index >= 15 is 0 Å². The van der Waals surface area contributed by atoms with Crippen molar-refractivity contribution in [2.75, 3.05) is 6.61 Å². The molecule has 4 aromatic rings. The average molecular weight is 636 g/mol. The second-order valence-corrected chi connectivity index (χ2v) is 9.71. The van der Waals surface area contributed by atoms with E-state index in [-0.39, 0.29) is 57.3 Å². The molecule has 1 aliphatic rings. The van der Waals surface area contributed by atoms with Gasteiger partial charge < -0.3 is 64.3 Å². The molecule has 2 aromatic carbocycles. The molecule has 17 nitrogen and oxygen atoms in total. The Bertz CT molecular complexity index is 1790. The van der Waals surface area contributed by atoms with Crippen molar-refractivity contribution < 1.29 is 83.4 Å². The number of rotatable bonds is 8. The second-order valence-electron chi connectivity index (χ2n) is 9.71. The van der Waals surface area contributed by atoms with Crippen LogP contribution in [0.2, 0.25) is 0 Å². The van der Waals surface area contributed by atoms with Gasteiger partial charge in [-0.15, -0.1) is 0 Å². The third-order valence-corrected chi connectivity index (χ3v) is 6.56. The van der Waals surface area contributed by atoms with Crippen molar-refractivity contribution in [3.05, 3.63) is 47.6 Å². The van der Waals surface area contributed by atoms with Crippen LogP contribution < -0.4 is 10.2 Å². The molecule has 1 fully saturated rings. The Labute approximate surface area is 249 Å². The van der Waals surface area contributed by atoms with Gasteiger partial charge in [-0.05, 0) is 18.2 Å². The molecule has 1 aliphatic heterocycles. The van der Waals surface area contributed by atoms with Gasteiger partial charge in [-0.25, -0.2) is 4.79 Å². The first-order valence-electron chi connectivity index (χ1n) is 12.9. The van der Waals surface area contributed by atoms with E-state index in [0.717, 1.165) is 24.3 Å². The van der Waals surface area contributed by atoms with Crippen LogP contribution in [0.25, 0.3) is 33.3 Å². The Morgan fingerprint density at radius 1 is 0.822 bits per heavy atom. The maximum atomic E-state index is 11.8. The fourth-order valence-electron chi connectivity index (χ4n) is 4.38. The van der Waals surface area contributed by atoms with E-state index in [1.165, 1.54) is 12.1 Å². The van der Waals surface area contributed by atoms with Crippen LogP contribution in [0, 0.1) is 0 Å². The first-order valence-corrected chi connectivity index (χ1v) is 12.9. The number of aliphatic hydroxyl groups is 4. The van der Waals surface area contributed by atoms with E-state index in [4.69, 9.17) is 28.5 Å². The molecule has 240 valence electrons. The molecule has 0 bridgehead atoms. The third kappa shape index (κ3) is 6.97. The molecule has 45 heavy (non-hydrogen) atoms. The minimum absolute atomic E-state index is 0.0226. The smallest absolute Gasteiger partial charge is 0.371 e. The molecule has 17 heteroatoms. The predicted octanol–water partition coefficient (Wildman–Crippen LogP) is 0.0745. The standard InChI is InChI=1S/C24H20O13.C4H6O4/c25-7-16-18(29)19(30)20(31)24(36-16)37-22-10-6-15(23(32)33)34-13-4-9(26)5-14(17(10)13)35-21(22)8-1-2-11(27)12(28)3-8;5-3(6)1-2-4(7)8/h1-6,16,18-20,24-25,27-31H,7H2,(H,32,33);1-2H2,(H,5,6)(H,7,8)/p+1/t16-,18+,19-,20-,24+;/m0./s1. The van der Waals surface area contributed by atoms with Crippen molar-refractivity contribution in [2.45, 2.75) is 43.5 Å². The van der Waals surface area contributed by atoms with Crippen LogP contribution in [-0.2, 0) is 14.3 Å². The van der Waals surface area contributed by atoms with Gasteiger partial charge in [0.25, 0.3) is 0 Å². The van der Waals surface area contributed by atoms with Gasteiger partial charge in [-0.2, -0.15) is 0 Å². The number of benzene rings is 2. The predicted molar refractivity (Wildman–Crippen MR) is 146 cm³/mol. The molecule has 0 amide bonds. The normalized spacial score (nSPS) is 21.2. The highest BCUT2D eigenvalue weighted by atomic mass is 16.7. The van der Waals surface area contributed by atoms with Gasteiger partial charge in [0, 0.05) is 17.0 Å². The van der Waals surface area contributed by atoms with Crippen molar-refractivity contribution in [1.29, 1.82) is 0 Å². The number of phenols is 2. The Morgan fingerprint density at radius 3 is 2.00 bits per heavy atom. The number of carboxylic acid groups (broad SMARTS) is 3. The van der Waals surface area contributed by atoms with E-state index in [2.05, 4.69) is 0 Å². The first kappa shape index (κ1) is 32.7. The number of hydrogen-bond acceptors (Lipinski definition) is 13. The maximum absolute atomic E-state index is 11.8. The van der Waals surface area contributed by atoms with Gasteiger partial charge in [-0.3, -0.25) is 14.4 Å². The Morgan fingerprint density at radius 2 is 1.44 bits per heavy atom. The van der Waals surface area contributed by atoms with Gasteiger partial charge in [0.2, 0.25) is 12.1 Å². The second kappa shape index (κ2) is 13.2. The summed E-state index contributed by atoms with van der Waals surface area (Å²) >= 11 is 0. The van der Waals surface area contributed by atoms with Crippen molar-refractivity contribution in [3.63, 3.8) is 0 Å². The summed E-state index contributed by atoms with van der Waals surface area (Å²) in [6.45, 7) is -0.723. The van der Waals surface area contributed by atoms with Gasteiger partial charge in [0.1, 0.15) is 35.6 Å². The number of carboxylic acids is 3. The molecule has 10 N–H and O–H groups in total. The van der Waals surface area contributed by atoms with Gasteiger partial charge in [0.15, 0.2) is 23.0 Å². The van der Waals surface area contributed by atoms with Gasteiger partial charge >= 0.3 is 23.3 Å². The highest BCUT2D eigenvalue weighted by Crippen LogP contribution is 2.44. The summed E-state index contributed by atoms with van der Waals surface area (Å²) in [5, 5.41) is 85.8. The summed E-state index contributed by atoms with van der Waals surface area (Å²) in [5.41, 5.74) is -0.262. The van der Waals surface area contributed by atoms with E-state index in [0.29, 0.717) is 0 Å². The molecular formula is C28H27O17+. The molecule has 1 saturated heterocycles. The Kier molecular flexibility index (Phi) is 9.60. The molecule has 0 aliphatic carbocycles. The van der Waals surface area contributed by atoms with Crippen LogP contribution in [0.3, 0.4) is 0 Å². The molecule has 0 saturated carbocycles. The first-order chi connectivity index (χ1) is 21.2. The highest BCUT2D eigenvalue weighted by molar-refractivity contribution is 6.11. The quantitative estimate of drug-likeness (QED) is 0.0914. The summed E-state index contributed by atoms with van der Waals surface area (Å²) in [7, 11) is 0. The van der Waals surface area contributed by atoms with Crippen molar-refractivity contribution in [3.8, 4) is 28.6 Å². The minimum atomic E-state index is -1.82. The van der Waals surface area contributed by atoms with Crippen LogP contribution in [0.1, 0.15) is 23.4 Å². The number of ether oxygens (including phenoxy) is 2. The summed E-state index contributed by atoms with van der Waals surface area (Å²) in [6, 6.07) is 7.11. The fraction of sp³-hybridized carbons (Fsp3) is 0.286. The molecule has 0 spiro atoms. The number of carbonyl (C=O) groups is 3. The molecule has 5 rings (SSSR count). The Balaban J connectivity index is 0.000000510. The molecule has 3 heterocycles. The van der Waals surface area contributed by atoms with Gasteiger partial charge in [0.05, 0.1) is 37.0 Å². The Hall–Kier alpha value is -5.20. The van der Waals surface area contributed by atoms with E-state index in [9.17, 15) is 54.9 Å². The molecule has 2 aromatic heterocycles. The topological polar surface area (TPSA) is 299 Å². The zero-order valence-electron chi connectivity index (χ0n) is 22.8. The van der Waals surface area contributed by atoms with E-state index in [1.54, 1.807) is 0 Å². The zero-order valence-corrected chi connectivity index (χ0v) is 22.8. The summed E-state index contributed by atoms with van der Waals surface area (Å²) < 4.78 is 22.7.